The van der Waals surface area contributed by atoms with Crippen molar-refractivity contribution in [1.29, 1.82) is 0 Å². The normalized spacial score (nSPS) is 13.3. The summed E-state index contributed by atoms with van der Waals surface area (Å²) in [6.07, 6.45) is 0. The highest BCUT2D eigenvalue weighted by Gasteiger charge is 2.39. The predicted octanol–water partition coefficient (Wildman–Crippen LogP) is -6.02. The van der Waals surface area contributed by atoms with E-state index >= 15 is 0 Å². The van der Waals surface area contributed by atoms with Gasteiger partial charge in [0.2, 0.25) is 0 Å². The number of rotatable bonds is 3. The van der Waals surface area contributed by atoms with E-state index in [-0.39, 0.29) is 76.7 Å². The van der Waals surface area contributed by atoms with Crippen molar-refractivity contribution in [2.45, 2.75) is 0 Å². The first-order valence-electron chi connectivity index (χ1n) is 20.1. The highest BCUT2D eigenvalue weighted by Crippen LogP contribution is 2.43. The summed E-state index contributed by atoms with van der Waals surface area (Å²) < 4.78 is 8.60. The van der Waals surface area contributed by atoms with E-state index in [9.17, 15) is 0 Å². The van der Waals surface area contributed by atoms with Crippen LogP contribution in [0, 0.1) is 0 Å². The molecule has 2 aliphatic heterocycles. The van der Waals surface area contributed by atoms with Gasteiger partial charge >= 0.3 is 6.85 Å². The van der Waals surface area contributed by atoms with Crippen LogP contribution in [0.15, 0.2) is 93.2 Å². The number of hydrogen-bond donors (Lipinski definition) is 0. The van der Waals surface area contributed by atoms with Crippen molar-refractivity contribution >= 4 is 257 Å². The molecule has 12 rings (SSSR count). The maximum Gasteiger partial charge on any atom is 0.350 e. The van der Waals surface area contributed by atoms with E-state index in [1.165, 1.54) is 0 Å². The van der Waals surface area contributed by atoms with Gasteiger partial charge in [-0.2, -0.15) is 0 Å². The molecule has 0 spiro atoms. The van der Waals surface area contributed by atoms with E-state index in [0.717, 1.165) is 11.1 Å². The van der Waals surface area contributed by atoms with Gasteiger partial charge in [0, 0.05) is 49.5 Å². The van der Waals surface area contributed by atoms with Crippen LogP contribution in [-0.2, 0) is 0 Å². The Labute approximate surface area is 386 Å². The summed E-state index contributed by atoms with van der Waals surface area (Å²) in [5, 5.41) is 3.57. The number of fused-ring (bicyclic) bond motifs is 5. The van der Waals surface area contributed by atoms with Gasteiger partial charge in [0.25, 0.3) is 0 Å². The summed E-state index contributed by atoms with van der Waals surface area (Å²) in [6, 6.07) is 25.2. The first-order valence-corrected chi connectivity index (χ1v) is 20.1. The Morgan fingerprint density at radius 3 is 1.61 bits per heavy atom. The van der Waals surface area contributed by atoms with Crippen molar-refractivity contribution in [1.82, 2.24) is 4.57 Å². The first kappa shape index (κ1) is 39.7. The van der Waals surface area contributed by atoms with E-state index in [4.69, 9.17) is 116 Å². The van der Waals surface area contributed by atoms with Crippen molar-refractivity contribution in [3.8, 4) is 16.8 Å². The number of aliphatic imine (C=N–C) groups is 1. The Bertz CT molecular complexity index is 3850. The van der Waals surface area contributed by atoms with E-state index in [2.05, 4.69) is 0 Å². The van der Waals surface area contributed by atoms with Crippen molar-refractivity contribution in [2.24, 2.45) is 9.90 Å². The van der Waals surface area contributed by atoms with Crippen LogP contribution in [0.2, 0.25) is 0 Å². The maximum absolute atomic E-state index is 7.73. The highest BCUT2D eigenvalue weighted by molar-refractivity contribution is 6.93. The lowest BCUT2D eigenvalue weighted by Gasteiger charge is -2.27. The number of nitrogens with zero attached hydrogens (tertiary/aromatic N) is 3. The maximum atomic E-state index is 7.73. The van der Waals surface area contributed by atoms with Crippen LogP contribution < -0.4 is 81.9 Å². The van der Waals surface area contributed by atoms with Gasteiger partial charge in [-0.25, -0.2) is 4.99 Å². The summed E-state index contributed by atoms with van der Waals surface area (Å²) in [4.78, 5) is 10.8. The Kier molecular flexibility index (Phi) is 8.42. The third kappa shape index (κ3) is 4.87. The number of aromatic nitrogens is 1. The molecule has 0 N–H and O–H groups in total. The SMILES string of the molecule is [B]c1c([B])c([B])c(-n2c3c([B])c([B])c([B])c4c5c([B])c([B])c([B])c6c5c5c([B])c(c([B])c2c5c43)B2N=C(c3ccccc3)N=C(c3ccccc3)c3oc4ccc-6cc4c32)c([B])c1[B]. The molecule has 4 bridgehead atoms. The molecule has 0 atom stereocenters. The molecule has 0 saturated heterocycles. The zero-order chi connectivity index (χ0) is 44.5. The van der Waals surface area contributed by atoms with Gasteiger partial charge in [0.15, 0.2) is 5.76 Å². The summed E-state index contributed by atoms with van der Waals surface area (Å²) in [5.74, 6) is 0.851. The average molecular weight is 775 g/mol. The van der Waals surface area contributed by atoms with Crippen molar-refractivity contribution in [3.63, 3.8) is 0 Å². The lowest BCUT2D eigenvalue weighted by atomic mass is 9.44. The molecule has 0 saturated carbocycles. The Morgan fingerprint density at radius 2 is 0.969 bits per heavy atom. The van der Waals surface area contributed by atoms with Crippen LogP contribution in [0.25, 0.3) is 71.1 Å². The molecular weight excluding hydrogens is 762 g/mol. The van der Waals surface area contributed by atoms with Crippen molar-refractivity contribution < 1.29 is 4.42 Å². The molecule has 64 heavy (non-hydrogen) atoms. The molecule has 26 radical (unpaired) electrons. The highest BCUT2D eigenvalue weighted by atomic mass is 16.3. The lowest BCUT2D eigenvalue weighted by Crippen LogP contribution is -2.58. The summed E-state index contributed by atoms with van der Waals surface area (Å²) in [7, 11) is 91.0. The van der Waals surface area contributed by atoms with Gasteiger partial charge in [-0.3, -0.25) is 0 Å². The standard InChI is InChI=1S/C46H13B14N3O/c47-26-19-16-11-12-18-17(13-16)39-45(64-18)41(14-7-3-1-4-8-14)61-46(15-9-5-2-6-10-15)62-60(39)40-29(50)22-20(19)21(27(48)30(26)51)23-25-24(22)43(38(40)59)63(42(25)35(56)31(52)28(23)49)44-36(57)33(54)32(53)34(55)37(44)58/h1-13H. The second-order valence-corrected chi connectivity index (χ2v) is 16.4. The summed E-state index contributed by atoms with van der Waals surface area (Å²) in [5.41, 5.74) is 6.79. The largest absolute Gasteiger partial charge is 0.455 e. The van der Waals surface area contributed by atoms with E-state index in [0.29, 0.717) is 93.7 Å². The molecule has 0 unspecified atom stereocenters. The molecule has 4 heterocycles. The Hall–Kier alpha value is -5.87. The van der Waals surface area contributed by atoms with Gasteiger partial charge < -0.3 is 13.9 Å². The number of furan rings is 1. The molecule has 8 aromatic carbocycles. The molecule has 18 heteroatoms. The van der Waals surface area contributed by atoms with Crippen LogP contribution in [-0.4, -0.2) is 125 Å². The van der Waals surface area contributed by atoms with Crippen LogP contribution in [0.4, 0.5) is 0 Å². The second kappa shape index (κ2) is 13.6. The summed E-state index contributed by atoms with van der Waals surface area (Å²) in [6.45, 7) is -0.975. The molecule has 0 amide bonds. The fraction of sp³-hybridized carbons (Fsp3) is 0. The minimum atomic E-state index is -0.975. The molecular formula is C46H13B14N3O. The van der Waals surface area contributed by atoms with Gasteiger partial charge in [-0.15, -0.1) is 27.3 Å². The van der Waals surface area contributed by atoms with E-state index in [1.807, 2.05) is 78.9 Å². The minimum absolute atomic E-state index is 0.00111. The van der Waals surface area contributed by atoms with E-state index < -0.39 is 6.85 Å². The fourth-order valence-electron chi connectivity index (χ4n) is 10.2. The molecule has 4 nitrogen and oxygen atoms in total. The predicted molar refractivity (Wildman–Crippen MR) is 282 cm³/mol. The number of amidine groups is 1. The average Bonchev–Trinajstić information content (AvgIpc) is 3.79. The molecule has 2 aromatic heterocycles. The number of benzene rings is 8. The Morgan fingerprint density at radius 1 is 0.438 bits per heavy atom. The minimum Gasteiger partial charge on any atom is -0.455 e. The van der Waals surface area contributed by atoms with Crippen molar-refractivity contribution in [3.05, 3.63) is 95.7 Å². The van der Waals surface area contributed by atoms with Crippen LogP contribution in [0.3, 0.4) is 0 Å². The number of hydrogen-bond acceptors (Lipinski definition) is 3. The molecule has 0 fully saturated rings. The monoisotopic (exact) mass is 777 g/mol. The van der Waals surface area contributed by atoms with Crippen molar-refractivity contribution in [2.75, 3.05) is 0 Å². The molecule has 260 valence electrons. The summed E-state index contributed by atoms with van der Waals surface area (Å²) >= 11 is 0. The van der Waals surface area contributed by atoms with Crippen LogP contribution in [0.5, 0.6) is 0 Å². The topological polar surface area (TPSA) is 42.8 Å². The Balaban J connectivity index is 1.42. The third-order valence-electron chi connectivity index (χ3n) is 13.2. The molecule has 0 aliphatic carbocycles. The quantitative estimate of drug-likeness (QED) is 0.131. The third-order valence-corrected chi connectivity index (χ3v) is 13.2. The van der Waals surface area contributed by atoms with Crippen LogP contribution in [0.1, 0.15) is 16.9 Å². The molecule has 2 aliphatic rings. The lowest BCUT2D eigenvalue weighted by molar-refractivity contribution is 0.608. The van der Waals surface area contributed by atoms with Gasteiger partial charge in [-0.05, 0) is 44.8 Å². The van der Waals surface area contributed by atoms with Gasteiger partial charge in [0.05, 0.1) is 0 Å². The first-order chi connectivity index (χ1) is 30.7. The van der Waals surface area contributed by atoms with E-state index in [1.54, 1.807) is 4.57 Å². The molecule has 10 aromatic rings. The fourth-order valence-corrected chi connectivity index (χ4v) is 10.2. The van der Waals surface area contributed by atoms with Gasteiger partial charge in [0.1, 0.15) is 119 Å². The zero-order valence-electron chi connectivity index (χ0n) is 33.8. The van der Waals surface area contributed by atoms with Crippen LogP contribution >= 0.6 is 0 Å². The smallest absolute Gasteiger partial charge is 0.350 e. The zero-order valence-corrected chi connectivity index (χ0v) is 33.8. The second-order valence-electron chi connectivity index (χ2n) is 16.4. The van der Waals surface area contributed by atoms with Gasteiger partial charge in [-0.1, -0.05) is 116 Å².